The molecule has 1 aromatic heterocycles. The molecule has 0 aliphatic carbocycles. The van der Waals surface area contributed by atoms with E-state index in [-0.39, 0.29) is 17.7 Å². The molecule has 26 heavy (non-hydrogen) atoms. The van der Waals surface area contributed by atoms with Crippen molar-refractivity contribution in [3.05, 3.63) is 62.0 Å². The van der Waals surface area contributed by atoms with Gasteiger partial charge in [-0.2, -0.15) is 0 Å². The third-order valence-corrected chi connectivity index (χ3v) is 5.34. The molecule has 1 aromatic carbocycles. The fraction of sp³-hybridized carbons (Fsp3) is 0.421. The van der Waals surface area contributed by atoms with Crippen LogP contribution in [0.3, 0.4) is 0 Å². The van der Waals surface area contributed by atoms with E-state index in [1.807, 2.05) is 0 Å². The van der Waals surface area contributed by atoms with E-state index in [9.17, 15) is 9.90 Å². The molecule has 2 heterocycles. The van der Waals surface area contributed by atoms with Crippen molar-refractivity contribution < 1.29 is 14.7 Å². The standard InChI is InChI=1S/C19H22Cl2N2O3/c20-15-3-2-14(17(21)13-15)12-16-18(24)4-7-23(19(16)25)6-1-5-22-8-10-26-11-9-22/h2-4,7,13,24H,1,5-6,8-12H2/p+1. The number of nitrogens with zero attached hydrogens (tertiary/aromatic N) is 1. The first-order valence-corrected chi connectivity index (χ1v) is 9.56. The maximum absolute atomic E-state index is 12.8. The minimum Gasteiger partial charge on any atom is -0.507 e. The number of hydrogen-bond donors (Lipinski definition) is 2. The predicted octanol–water partition coefficient (Wildman–Crippen LogP) is 1.76. The number of rotatable bonds is 6. The summed E-state index contributed by atoms with van der Waals surface area (Å²) in [6.07, 6.45) is 2.83. The van der Waals surface area contributed by atoms with Gasteiger partial charge in [-0.15, -0.1) is 0 Å². The molecule has 0 atom stereocenters. The summed E-state index contributed by atoms with van der Waals surface area (Å²) in [6, 6.07) is 6.72. The summed E-state index contributed by atoms with van der Waals surface area (Å²) in [5.74, 6) is -0.00364. The fourth-order valence-electron chi connectivity index (χ4n) is 3.22. The summed E-state index contributed by atoms with van der Waals surface area (Å²) in [5.41, 5.74) is 0.947. The van der Waals surface area contributed by atoms with Gasteiger partial charge in [-0.3, -0.25) is 4.79 Å². The Hall–Kier alpha value is -1.53. The topological polar surface area (TPSA) is 55.9 Å². The molecule has 0 spiro atoms. The van der Waals surface area contributed by atoms with Crippen LogP contribution in [0.15, 0.2) is 35.3 Å². The Bertz CT molecular complexity index is 817. The Kier molecular flexibility index (Phi) is 6.59. The number of pyridine rings is 1. The van der Waals surface area contributed by atoms with Gasteiger partial charge in [0, 0.05) is 35.6 Å². The lowest BCUT2D eigenvalue weighted by Crippen LogP contribution is -3.14. The summed E-state index contributed by atoms with van der Waals surface area (Å²) in [7, 11) is 0. The highest BCUT2D eigenvalue weighted by Gasteiger charge is 2.15. The highest BCUT2D eigenvalue weighted by atomic mass is 35.5. The van der Waals surface area contributed by atoms with Crippen molar-refractivity contribution >= 4 is 23.2 Å². The minimum absolute atomic E-state index is 0.00364. The van der Waals surface area contributed by atoms with Crippen LogP contribution in [0.4, 0.5) is 0 Å². The van der Waals surface area contributed by atoms with E-state index in [1.165, 1.54) is 4.90 Å². The third kappa shape index (κ3) is 4.80. The second-order valence-corrected chi connectivity index (χ2v) is 7.40. The SMILES string of the molecule is O=c1c(Cc2ccc(Cl)cc2Cl)c(O)ccn1CCC[NH+]1CCOCC1. The van der Waals surface area contributed by atoms with Crippen LogP contribution in [0.25, 0.3) is 0 Å². The van der Waals surface area contributed by atoms with Gasteiger partial charge in [0.25, 0.3) is 5.56 Å². The van der Waals surface area contributed by atoms with Gasteiger partial charge in [0.05, 0.1) is 25.3 Å². The third-order valence-electron chi connectivity index (χ3n) is 4.75. The number of aromatic hydroxyl groups is 1. The normalized spacial score (nSPS) is 15.3. The number of ether oxygens (including phenoxy) is 1. The van der Waals surface area contributed by atoms with Crippen molar-refractivity contribution in [3.8, 4) is 5.75 Å². The largest absolute Gasteiger partial charge is 0.507 e. The monoisotopic (exact) mass is 397 g/mol. The summed E-state index contributed by atoms with van der Waals surface area (Å²) < 4.78 is 7.03. The molecule has 0 bridgehead atoms. The zero-order valence-corrected chi connectivity index (χ0v) is 16.0. The van der Waals surface area contributed by atoms with E-state index in [4.69, 9.17) is 27.9 Å². The van der Waals surface area contributed by atoms with Gasteiger partial charge in [-0.1, -0.05) is 29.3 Å². The van der Waals surface area contributed by atoms with Crippen LogP contribution in [0.5, 0.6) is 5.75 Å². The molecule has 0 radical (unpaired) electrons. The lowest BCUT2D eigenvalue weighted by molar-refractivity contribution is -0.908. The smallest absolute Gasteiger partial charge is 0.257 e. The molecular formula is C19H23Cl2N2O3+. The maximum atomic E-state index is 12.8. The van der Waals surface area contributed by atoms with E-state index in [0.29, 0.717) is 22.2 Å². The highest BCUT2D eigenvalue weighted by Crippen LogP contribution is 2.25. The first kappa shape index (κ1) is 19.2. The fourth-order valence-corrected chi connectivity index (χ4v) is 3.69. The van der Waals surface area contributed by atoms with E-state index < -0.39 is 0 Å². The van der Waals surface area contributed by atoms with Crippen molar-refractivity contribution in [2.75, 3.05) is 32.8 Å². The van der Waals surface area contributed by atoms with E-state index >= 15 is 0 Å². The molecule has 3 rings (SSSR count). The van der Waals surface area contributed by atoms with Gasteiger partial charge in [0.15, 0.2) is 0 Å². The Balaban J connectivity index is 1.70. The van der Waals surface area contributed by atoms with Crippen LogP contribution in [-0.2, 0) is 17.7 Å². The molecule has 2 N–H and O–H groups in total. The number of halogens is 2. The Morgan fingerprint density at radius 3 is 2.69 bits per heavy atom. The van der Waals surface area contributed by atoms with Gasteiger partial charge < -0.3 is 19.3 Å². The number of nitrogens with one attached hydrogen (secondary N) is 1. The second-order valence-electron chi connectivity index (χ2n) is 6.56. The quantitative estimate of drug-likeness (QED) is 0.780. The van der Waals surface area contributed by atoms with Crippen LogP contribution in [0.2, 0.25) is 10.0 Å². The lowest BCUT2D eigenvalue weighted by atomic mass is 10.1. The summed E-state index contributed by atoms with van der Waals surface area (Å²) in [5, 5.41) is 11.2. The maximum Gasteiger partial charge on any atom is 0.257 e. The van der Waals surface area contributed by atoms with Crippen molar-refractivity contribution in [2.45, 2.75) is 19.4 Å². The zero-order valence-electron chi connectivity index (χ0n) is 14.5. The highest BCUT2D eigenvalue weighted by molar-refractivity contribution is 6.35. The first-order chi connectivity index (χ1) is 12.5. The number of hydrogen-bond acceptors (Lipinski definition) is 3. The molecule has 0 amide bonds. The molecule has 0 unspecified atom stereocenters. The average Bonchev–Trinajstić information content (AvgIpc) is 2.63. The molecule has 0 saturated carbocycles. The Morgan fingerprint density at radius 1 is 1.19 bits per heavy atom. The van der Waals surface area contributed by atoms with Gasteiger partial charge in [-0.05, 0) is 23.8 Å². The van der Waals surface area contributed by atoms with E-state index in [2.05, 4.69) is 0 Å². The molecule has 7 heteroatoms. The Labute approximate surface area is 162 Å². The number of benzene rings is 1. The van der Waals surface area contributed by atoms with Crippen molar-refractivity contribution in [1.29, 1.82) is 0 Å². The van der Waals surface area contributed by atoms with Gasteiger partial charge in [0.1, 0.15) is 18.8 Å². The van der Waals surface area contributed by atoms with Crippen LogP contribution in [0.1, 0.15) is 17.5 Å². The molecule has 1 aliphatic rings. The van der Waals surface area contributed by atoms with Crippen molar-refractivity contribution in [1.82, 2.24) is 4.57 Å². The van der Waals surface area contributed by atoms with Crippen LogP contribution < -0.4 is 10.5 Å². The molecule has 2 aromatic rings. The molecule has 140 valence electrons. The molecular weight excluding hydrogens is 375 g/mol. The number of morpholine rings is 1. The average molecular weight is 398 g/mol. The van der Waals surface area contributed by atoms with Gasteiger partial charge in [-0.25, -0.2) is 0 Å². The van der Waals surface area contributed by atoms with E-state index in [1.54, 1.807) is 35.0 Å². The molecule has 5 nitrogen and oxygen atoms in total. The predicted molar refractivity (Wildman–Crippen MR) is 103 cm³/mol. The van der Waals surface area contributed by atoms with Crippen molar-refractivity contribution in [2.24, 2.45) is 0 Å². The van der Waals surface area contributed by atoms with Crippen LogP contribution >= 0.6 is 23.2 Å². The van der Waals surface area contributed by atoms with Crippen LogP contribution in [0, 0.1) is 0 Å². The minimum atomic E-state index is -0.173. The molecule has 1 aliphatic heterocycles. The first-order valence-electron chi connectivity index (χ1n) is 8.81. The summed E-state index contributed by atoms with van der Waals surface area (Å²) in [4.78, 5) is 14.3. The summed E-state index contributed by atoms with van der Waals surface area (Å²) >= 11 is 12.1. The van der Waals surface area contributed by atoms with Crippen molar-refractivity contribution in [3.63, 3.8) is 0 Å². The number of aromatic nitrogens is 1. The van der Waals surface area contributed by atoms with Gasteiger partial charge in [0.2, 0.25) is 0 Å². The molecule has 1 fully saturated rings. The Morgan fingerprint density at radius 2 is 1.96 bits per heavy atom. The number of quaternary nitrogens is 1. The molecule has 1 saturated heterocycles. The summed E-state index contributed by atoms with van der Waals surface area (Å²) in [6.45, 7) is 5.29. The van der Waals surface area contributed by atoms with Gasteiger partial charge >= 0.3 is 0 Å². The second kappa shape index (κ2) is 8.91. The zero-order chi connectivity index (χ0) is 18.5. The lowest BCUT2D eigenvalue weighted by Gasteiger charge is -2.23. The van der Waals surface area contributed by atoms with E-state index in [0.717, 1.165) is 44.8 Å². The van der Waals surface area contributed by atoms with Crippen LogP contribution in [-0.4, -0.2) is 42.5 Å². The number of aryl methyl sites for hydroxylation is 1.